The zero-order valence-corrected chi connectivity index (χ0v) is 9.84. The Hall–Kier alpha value is -1.28. The molecular weight excluding hydrogens is 202 g/mol. The highest BCUT2D eigenvalue weighted by Crippen LogP contribution is 2.28. The Labute approximate surface area is 94.8 Å². The van der Waals surface area contributed by atoms with Gasteiger partial charge in [-0.2, -0.15) is 0 Å². The van der Waals surface area contributed by atoms with Gasteiger partial charge in [0, 0.05) is 10.6 Å². The van der Waals surface area contributed by atoms with E-state index in [4.69, 9.17) is 0 Å². The highest BCUT2D eigenvalue weighted by Gasteiger charge is 2.20. The van der Waals surface area contributed by atoms with Crippen molar-refractivity contribution < 1.29 is 0 Å². The smallest absolute Gasteiger partial charge is 0.0661 e. The molecule has 0 radical (unpaired) electrons. The van der Waals surface area contributed by atoms with Crippen LogP contribution in [-0.4, -0.2) is 0 Å². The molecule has 1 N–H and O–H groups in total. The van der Waals surface area contributed by atoms with Crippen molar-refractivity contribution in [1.29, 1.82) is 0 Å². The molecule has 0 aliphatic heterocycles. The van der Waals surface area contributed by atoms with E-state index in [1.807, 2.05) is 18.2 Å². The van der Waals surface area contributed by atoms with E-state index in [-0.39, 0.29) is 5.54 Å². The van der Waals surface area contributed by atoms with Crippen LogP contribution in [0.4, 0.5) is 5.69 Å². The second kappa shape index (κ2) is 4.07. The van der Waals surface area contributed by atoms with E-state index < -0.39 is 0 Å². The molecular formula is C13H15NS. The van der Waals surface area contributed by atoms with Crippen LogP contribution in [0, 0.1) is 0 Å². The summed E-state index contributed by atoms with van der Waals surface area (Å²) in [5.74, 6) is 0. The second-order valence-electron chi connectivity index (χ2n) is 4.09. The van der Waals surface area contributed by atoms with Gasteiger partial charge < -0.3 is 5.32 Å². The number of benzene rings is 1. The number of rotatable bonds is 3. The summed E-state index contributed by atoms with van der Waals surface area (Å²) in [6.45, 7) is 4.40. The van der Waals surface area contributed by atoms with E-state index in [1.54, 1.807) is 11.3 Å². The molecule has 0 bridgehead atoms. The second-order valence-corrected chi connectivity index (χ2v) is 5.04. The summed E-state index contributed by atoms with van der Waals surface area (Å²) in [5.41, 5.74) is 1.16. The fourth-order valence-corrected chi connectivity index (χ4v) is 2.38. The Bertz CT molecular complexity index is 403. The number of nitrogens with one attached hydrogen (secondary N) is 1. The van der Waals surface area contributed by atoms with E-state index in [1.165, 1.54) is 4.88 Å². The molecule has 78 valence electrons. The first kappa shape index (κ1) is 10.2. The number of hydrogen-bond acceptors (Lipinski definition) is 2. The van der Waals surface area contributed by atoms with Crippen LogP contribution in [0.15, 0.2) is 47.8 Å². The predicted octanol–water partition coefficient (Wildman–Crippen LogP) is 4.10. The van der Waals surface area contributed by atoms with Crippen LogP contribution < -0.4 is 5.32 Å². The van der Waals surface area contributed by atoms with Gasteiger partial charge in [0.2, 0.25) is 0 Å². The first-order valence-electron chi connectivity index (χ1n) is 5.06. The zero-order valence-electron chi connectivity index (χ0n) is 9.03. The van der Waals surface area contributed by atoms with E-state index in [2.05, 4.69) is 48.8 Å². The van der Waals surface area contributed by atoms with Crippen molar-refractivity contribution in [3.05, 3.63) is 52.7 Å². The molecule has 1 aromatic heterocycles. The Balaban J connectivity index is 2.18. The van der Waals surface area contributed by atoms with Gasteiger partial charge >= 0.3 is 0 Å². The van der Waals surface area contributed by atoms with Crippen LogP contribution in [0.5, 0.6) is 0 Å². The van der Waals surface area contributed by atoms with Gasteiger partial charge in [0.25, 0.3) is 0 Å². The van der Waals surface area contributed by atoms with Gasteiger partial charge in [-0.05, 0) is 37.4 Å². The van der Waals surface area contributed by atoms with Gasteiger partial charge in [0.1, 0.15) is 0 Å². The van der Waals surface area contributed by atoms with E-state index >= 15 is 0 Å². The third-order valence-corrected chi connectivity index (χ3v) is 3.56. The van der Waals surface area contributed by atoms with Gasteiger partial charge in [-0.1, -0.05) is 24.3 Å². The average Bonchev–Trinajstić information content (AvgIpc) is 2.71. The highest BCUT2D eigenvalue weighted by atomic mass is 32.1. The molecule has 1 nitrogen and oxygen atoms in total. The lowest BCUT2D eigenvalue weighted by Gasteiger charge is -2.26. The van der Waals surface area contributed by atoms with Gasteiger partial charge in [0.15, 0.2) is 0 Å². The molecule has 0 saturated heterocycles. The minimum atomic E-state index is -0.00444. The van der Waals surface area contributed by atoms with Crippen molar-refractivity contribution in [2.24, 2.45) is 0 Å². The third-order valence-electron chi connectivity index (χ3n) is 2.37. The molecule has 2 heteroatoms. The topological polar surface area (TPSA) is 12.0 Å². The van der Waals surface area contributed by atoms with Crippen LogP contribution in [0.3, 0.4) is 0 Å². The quantitative estimate of drug-likeness (QED) is 0.816. The summed E-state index contributed by atoms with van der Waals surface area (Å²) < 4.78 is 0. The van der Waals surface area contributed by atoms with Crippen molar-refractivity contribution in [2.75, 3.05) is 5.32 Å². The lowest BCUT2D eigenvalue weighted by molar-refractivity contribution is 0.623. The molecule has 0 spiro atoms. The summed E-state index contributed by atoms with van der Waals surface area (Å²) in [5, 5.41) is 5.65. The summed E-state index contributed by atoms with van der Waals surface area (Å²) >= 11 is 1.79. The van der Waals surface area contributed by atoms with Gasteiger partial charge in [0.05, 0.1) is 5.54 Å². The molecule has 0 unspecified atom stereocenters. The fraction of sp³-hybridized carbons (Fsp3) is 0.231. The van der Waals surface area contributed by atoms with Gasteiger partial charge in [-0.3, -0.25) is 0 Å². The van der Waals surface area contributed by atoms with E-state index in [9.17, 15) is 0 Å². The first-order valence-corrected chi connectivity index (χ1v) is 5.94. The van der Waals surface area contributed by atoms with Crippen molar-refractivity contribution >= 4 is 17.0 Å². The molecule has 0 aliphatic rings. The minimum Gasteiger partial charge on any atom is -0.375 e. The van der Waals surface area contributed by atoms with Crippen LogP contribution in [0.25, 0.3) is 0 Å². The van der Waals surface area contributed by atoms with Crippen molar-refractivity contribution in [3.63, 3.8) is 0 Å². The van der Waals surface area contributed by atoms with Crippen LogP contribution in [-0.2, 0) is 5.54 Å². The number of anilines is 1. The molecule has 0 saturated carbocycles. The summed E-state index contributed by atoms with van der Waals surface area (Å²) in [6, 6.07) is 14.6. The molecule has 0 amide bonds. The monoisotopic (exact) mass is 217 g/mol. The standard InChI is InChI=1S/C13H15NS/c1-13(2,12-9-6-10-15-12)14-11-7-4-3-5-8-11/h3-10,14H,1-2H3. The molecule has 2 aromatic rings. The SMILES string of the molecule is CC(C)(Nc1ccccc1)c1cccs1. The maximum absolute atomic E-state index is 3.53. The van der Waals surface area contributed by atoms with Crippen LogP contribution in [0.1, 0.15) is 18.7 Å². The number of para-hydroxylation sites is 1. The minimum absolute atomic E-state index is 0.00444. The third kappa shape index (κ3) is 2.39. The largest absolute Gasteiger partial charge is 0.375 e. The van der Waals surface area contributed by atoms with Crippen LogP contribution >= 0.6 is 11.3 Å². The Morgan fingerprint density at radius 1 is 1.00 bits per heavy atom. The maximum atomic E-state index is 3.53. The molecule has 0 fully saturated rings. The summed E-state index contributed by atoms with van der Waals surface area (Å²) in [7, 11) is 0. The average molecular weight is 217 g/mol. The highest BCUT2D eigenvalue weighted by molar-refractivity contribution is 7.10. The van der Waals surface area contributed by atoms with Crippen LogP contribution in [0.2, 0.25) is 0 Å². The summed E-state index contributed by atoms with van der Waals surface area (Å²) in [6.07, 6.45) is 0. The lowest BCUT2D eigenvalue weighted by Crippen LogP contribution is -2.26. The molecule has 15 heavy (non-hydrogen) atoms. The van der Waals surface area contributed by atoms with Gasteiger partial charge in [-0.25, -0.2) is 0 Å². The molecule has 2 rings (SSSR count). The Morgan fingerprint density at radius 2 is 1.73 bits per heavy atom. The van der Waals surface area contributed by atoms with Crippen molar-refractivity contribution in [3.8, 4) is 0 Å². The summed E-state index contributed by atoms with van der Waals surface area (Å²) in [4.78, 5) is 1.35. The van der Waals surface area contributed by atoms with E-state index in [0.717, 1.165) is 5.69 Å². The number of hydrogen-bond donors (Lipinski definition) is 1. The first-order chi connectivity index (χ1) is 7.18. The Morgan fingerprint density at radius 3 is 2.33 bits per heavy atom. The Kier molecular flexibility index (Phi) is 2.78. The molecule has 0 atom stereocenters. The predicted molar refractivity (Wildman–Crippen MR) is 67.4 cm³/mol. The van der Waals surface area contributed by atoms with E-state index in [0.29, 0.717) is 0 Å². The zero-order chi connectivity index (χ0) is 10.7. The van der Waals surface area contributed by atoms with Crippen molar-refractivity contribution in [1.82, 2.24) is 0 Å². The molecule has 1 aromatic carbocycles. The maximum Gasteiger partial charge on any atom is 0.0661 e. The number of thiophene rings is 1. The lowest BCUT2D eigenvalue weighted by atomic mass is 10.0. The molecule has 1 heterocycles. The normalized spacial score (nSPS) is 11.3. The van der Waals surface area contributed by atoms with Crippen molar-refractivity contribution in [2.45, 2.75) is 19.4 Å². The molecule has 0 aliphatic carbocycles. The van der Waals surface area contributed by atoms with Gasteiger partial charge in [-0.15, -0.1) is 11.3 Å². The fourth-order valence-electron chi connectivity index (χ4n) is 1.58.